The first kappa shape index (κ1) is 16.8. The number of nitrogens with zero attached hydrogens (tertiary/aromatic N) is 1. The van der Waals surface area contributed by atoms with E-state index in [0.717, 1.165) is 24.8 Å². The smallest absolute Gasteiger partial charge is 0.224 e. The molecule has 2 N–H and O–H groups in total. The van der Waals surface area contributed by atoms with E-state index in [1.807, 2.05) is 0 Å². The Morgan fingerprint density at radius 3 is 2.57 bits per heavy atom. The van der Waals surface area contributed by atoms with Gasteiger partial charge in [-0.3, -0.25) is 4.79 Å². The number of piperidine rings is 1. The van der Waals surface area contributed by atoms with Gasteiger partial charge < -0.3 is 10.6 Å². The molecule has 1 heterocycles. The van der Waals surface area contributed by atoms with Crippen molar-refractivity contribution in [3.05, 3.63) is 0 Å². The van der Waals surface area contributed by atoms with Gasteiger partial charge in [0.15, 0.2) is 0 Å². The standard InChI is InChI=1S/C18H34N2O/c1-13-9-10-20(16-8-6-5-7-15(13)16)17(21)11-14(19)12-18(2,3)4/h13-16H,5-12,19H2,1-4H3. The maximum absolute atomic E-state index is 12.7. The van der Waals surface area contributed by atoms with E-state index in [-0.39, 0.29) is 11.5 Å². The summed E-state index contributed by atoms with van der Waals surface area (Å²) in [6, 6.07) is 0.496. The Balaban J connectivity index is 1.95. The van der Waals surface area contributed by atoms with Gasteiger partial charge in [-0.2, -0.15) is 0 Å². The Morgan fingerprint density at radius 1 is 1.24 bits per heavy atom. The number of hydrogen-bond acceptors (Lipinski definition) is 2. The Morgan fingerprint density at radius 2 is 1.90 bits per heavy atom. The molecule has 0 spiro atoms. The van der Waals surface area contributed by atoms with Crippen molar-refractivity contribution in [3.8, 4) is 0 Å². The van der Waals surface area contributed by atoms with E-state index < -0.39 is 0 Å². The van der Waals surface area contributed by atoms with E-state index in [1.165, 1.54) is 32.1 Å². The molecular formula is C18H34N2O. The molecule has 2 fully saturated rings. The van der Waals surface area contributed by atoms with Crippen LogP contribution in [0.15, 0.2) is 0 Å². The van der Waals surface area contributed by atoms with Crippen LogP contribution in [0.5, 0.6) is 0 Å². The van der Waals surface area contributed by atoms with Gasteiger partial charge in [0.1, 0.15) is 0 Å². The van der Waals surface area contributed by atoms with Gasteiger partial charge in [-0.25, -0.2) is 0 Å². The van der Waals surface area contributed by atoms with Crippen molar-refractivity contribution < 1.29 is 4.79 Å². The average molecular weight is 294 g/mol. The van der Waals surface area contributed by atoms with E-state index in [1.54, 1.807) is 0 Å². The highest BCUT2D eigenvalue weighted by molar-refractivity contribution is 5.77. The topological polar surface area (TPSA) is 46.3 Å². The third-order valence-corrected chi connectivity index (χ3v) is 5.37. The highest BCUT2D eigenvalue weighted by Gasteiger charge is 2.39. The number of nitrogens with two attached hydrogens (primary N) is 1. The maximum atomic E-state index is 12.7. The van der Waals surface area contributed by atoms with Gasteiger partial charge in [0.25, 0.3) is 0 Å². The summed E-state index contributed by atoms with van der Waals surface area (Å²) in [6.45, 7) is 9.89. The largest absolute Gasteiger partial charge is 0.339 e. The minimum absolute atomic E-state index is 0.00103. The van der Waals surface area contributed by atoms with Crippen LogP contribution >= 0.6 is 0 Å². The molecule has 0 bridgehead atoms. The van der Waals surface area contributed by atoms with E-state index in [2.05, 4.69) is 32.6 Å². The van der Waals surface area contributed by atoms with Crippen molar-refractivity contribution in [1.82, 2.24) is 4.90 Å². The van der Waals surface area contributed by atoms with Crippen LogP contribution in [-0.4, -0.2) is 29.4 Å². The molecule has 0 radical (unpaired) electrons. The molecular weight excluding hydrogens is 260 g/mol. The van der Waals surface area contributed by atoms with Gasteiger partial charge in [0.2, 0.25) is 5.91 Å². The zero-order valence-corrected chi connectivity index (χ0v) is 14.4. The van der Waals surface area contributed by atoms with E-state index in [4.69, 9.17) is 5.73 Å². The highest BCUT2D eigenvalue weighted by atomic mass is 16.2. The molecule has 1 aliphatic heterocycles. The second-order valence-electron chi connectivity index (χ2n) is 8.60. The summed E-state index contributed by atoms with van der Waals surface area (Å²) in [4.78, 5) is 14.9. The summed E-state index contributed by atoms with van der Waals surface area (Å²) < 4.78 is 0. The lowest BCUT2D eigenvalue weighted by Crippen LogP contribution is -2.53. The van der Waals surface area contributed by atoms with Crippen LogP contribution in [0.2, 0.25) is 0 Å². The summed E-state index contributed by atoms with van der Waals surface area (Å²) >= 11 is 0. The van der Waals surface area contributed by atoms with E-state index in [9.17, 15) is 4.79 Å². The summed E-state index contributed by atoms with van der Waals surface area (Å²) in [6.07, 6.45) is 7.75. The molecule has 3 nitrogen and oxygen atoms in total. The molecule has 4 unspecified atom stereocenters. The molecule has 1 aliphatic carbocycles. The molecule has 2 rings (SSSR count). The first-order chi connectivity index (χ1) is 9.78. The van der Waals surface area contributed by atoms with Crippen molar-refractivity contribution >= 4 is 5.91 Å². The van der Waals surface area contributed by atoms with E-state index in [0.29, 0.717) is 18.4 Å². The maximum Gasteiger partial charge on any atom is 0.224 e. The van der Waals surface area contributed by atoms with Crippen molar-refractivity contribution in [2.75, 3.05) is 6.54 Å². The normalized spacial score (nSPS) is 31.7. The number of rotatable bonds is 3. The number of fused-ring (bicyclic) bond motifs is 1. The molecule has 1 saturated heterocycles. The van der Waals surface area contributed by atoms with Crippen LogP contribution in [0.3, 0.4) is 0 Å². The molecule has 1 saturated carbocycles. The Kier molecular flexibility index (Phi) is 5.34. The Labute approximate surface area is 130 Å². The molecule has 0 aromatic carbocycles. The number of hydrogen-bond donors (Lipinski definition) is 1. The minimum Gasteiger partial charge on any atom is -0.339 e. The molecule has 4 atom stereocenters. The molecule has 1 amide bonds. The predicted octanol–water partition coefficient (Wildman–Crippen LogP) is 3.57. The van der Waals surface area contributed by atoms with Gasteiger partial charge >= 0.3 is 0 Å². The quantitative estimate of drug-likeness (QED) is 0.865. The SMILES string of the molecule is CC1CCN(C(=O)CC(N)CC(C)(C)C)C2CCCCC12. The zero-order valence-electron chi connectivity index (χ0n) is 14.4. The lowest BCUT2D eigenvalue weighted by Gasteiger charge is -2.47. The number of carbonyl (C=O) groups excluding carboxylic acids is 1. The lowest BCUT2D eigenvalue weighted by molar-refractivity contribution is -0.139. The fourth-order valence-electron chi connectivity index (χ4n) is 4.42. The average Bonchev–Trinajstić information content (AvgIpc) is 2.37. The van der Waals surface area contributed by atoms with E-state index >= 15 is 0 Å². The van der Waals surface area contributed by atoms with Crippen molar-refractivity contribution in [1.29, 1.82) is 0 Å². The Bertz CT molecular complexity index is 361. The van der Waals surface area contributed by atoms with Gasteiger partial charge in [-0.05, 0) is 42.9 Å². The highest BCUT2D eigenvalue weighted by Crippen LogP contribution is 2.39. The van der Waals surface area contributed by atoms with Crippen LogP contribution in [0.25, 0.3) is 0 Å². The summed E-state index contributed by atoms with van der Waals surface area (Å²) in [7, 11) is 0. The third-order valence-electron chi connectivity index (χ3n) is 5.37. The summed E-state index contributed by atoms with van der Waals surface area (Å²) in [5, 5.41) is 0. The summed E-state index contributed by atoms with van der Waals surface area (Å²) in [5.41, 5.74) is 6.41. The third kappa shape index (κ3) is 4.45. The van der Waals surface area contributed by atoms with Crippen LogP contribution in [0.4, 0.5) is 0 Å². The van der Waals surface area contributed by atoms with Gasteiger partial charge in [-0.1, -0.05) is 40.5 Å². The second-order valence-corrected chi connectivity index (χ2v) is 8.60. The lowest BCUT2D eigenvalue weighted by atomic mass is 9.72. The summed E-state index contributed by atoms with van der Waals surface area (Å²) in [5.74, 6) is 1.81. The molecule has 3 heteroatoms. The monoisotopic (exact) mass is 294 g/mol. The Hall–Kier alpha value is -0.570. The molecule has 122 valence electrons. The molecule has 0 aromatic rings. The number of carbonyl (C=O) groups is 1. The number of amides is 1. The van der Waals surface area contributed by atoms with Crippen LogP contribution in [0.1, 0.15) is 72.6 Å². The van der Waals surface area contributed by atoms with Crippen LogP contribution in [-0.2, 0) is 4.79 Å². The van der Waals surface area contributed by atoms with Crippen molar-refractivity contribution in [2.24, 2.45) is 23.0 Å². The molecule has 0 aromatic heterocycles. The number of likely N-dealkylation sites (tertiary alicyclic amines) is 1. The van der Waals surface area contributed by atoms with Gasteiger partial charge in [-0.15, -0.1) is 0 Å². The predicted molar refractivity (Wildman–Crippen MR) is 87.9 cm³/mol. The second kappa shape index (κ2) is 6.68. The van der Waals surface area contributed by atoms with Crippen LogP contribution in [0, 0.1) is 17.3 Å². The minimum atomic E-state index is -0.00103. The van der Waals surface area contributed by atoms with Crippen molar-refractivity contribution in [3.63, 3.8) is 0 Å². The zero-order chi connectivity index (χ0) is 15.6. The molecule has 2 aliphatic rings. The van der Waals surface area contributed by atoms with Crippen LogP contribution < -0.4 is 5.73 Å². The van der Waals surface area contributed by atoms with Gasteiger partial charge in [0.05, 0.1) is 0 Å². The molecule has 21 heavy (non-hydrogen) atoms. The van der Waals surface area contributed by atoms with Gasteiger partial charge in [0, 0.05) is 25.0 Å². The fraction of sp³-hybridized carbons (Fsp3) is 0.944. The fourth-order valence-corrected chi connectivity index (χ4v) is 4.42. The first-order valence-electron chi connectivity index (χ1n) is 8.83. The first-order valence-corrected chi connectivity index (χ1v) is 8.83. The van der Waals surface area contributed by atoms with Crippen molar-refractivity contribution in [2.45, 2.75) is 84.7 Å².